The fourth-order valence-corrected chi connectivity index (χ4v) is 2.63. The SMILES string of the molecule is COc1ccc(Cn2c(=S)[nH]c3cccc(C)c32)cn1. The van der Waals surface area contributed by atoms with Gasteiger partial charge in [0.1, 0.15) is 0 Å². The average molecular weight is 285 g/mol. The number of hydrogen-bond donors (Lipinski definition) is 1. The fraction of sp³-hybridized carbons (Fsp3) is 0.200. The molecule has 1 N–H and O–H groups in total. The molecule has 3 aromatic rings. The van der Waals surface area contributed by atoms with Crippen molar-refractivity contribution in [1.29, 1.82) is 0 Å². The van der Waals surface area contributed by atoms with E-state index in [0.717, 1.165) is 21.4 Å². The van der Waals surface area contributed by atoms with Crippen molar-refractivity contribution in [3.63, 3.8) is 0 Å². The molecule has 1 aromatic carbocycles. The summed E-state index contributed by atoms with van der Waals surface area (Å²) in [5.74, 6) is 0.618. The van der Waals surface area contributed by atoms with Crippen LogP contribution in [0.4, 0.5) is 0 Å². The summed E-state index contributed by atoms with van der Waals surface area (Å²) in [4.78, 5) is 7.47. The van der Waals surface area contributed by atoms with E-state index in [0.29, 0.717) is 12.4 Å². The van der Waals surface area contributed by atoms with E-state index in [1.54, 1.807) is 7.11 Å². The molecular formula is C15H15N3OS. The zero-order valence-corrected chi connectivity index (χ0v) is 12.2. The van der Waals surface area contributed by atoms with Gasteiger partial charge in [-0.15, -0.1) is 0 Å². The number of benzene rings is 1. The van der Waals surface area contributed by atoms with Gasteiger partial charge in [-0.1, -0.05) is 18.2 Å². The zero-order valence-electron chi connectivity index (χ0n) is 11.4. The first-order valence-electron chi connectivity index (χ1n) is 6.36. The first-order chi connectivity index (χ1) is 9.69. The lowest BCUT2D eigenvalue weighted by Crippen LogP contribution is -2.01. The van der Waals surface area contributed by atoms with Crippen LogP contribution in [0.15, 0.2) is 36.5 Å². The first kappa shape index (κ1) is 12.9. The molecule has 0 unspecified atom stereocenters. The molecule has 0 saturated carbocycles. The molecule has 3 rings (SSSR count). The number of para-hydroxylation sites is 1. The Bertz CT molecular complexity index is 802. The van der Waals surface area contributed by atoms with Crippen LogP contribution in [0.2, 0.25) is 0 Å². The third-order valence-corrected chi connectivity index (χ3v) is 3.66. The minimum absolute atomic E-state index is 0.618. The number of pyridine rings is 1. The maximum absolute atomic E-state index is 5.42. The second-order valence-corrected chi connectivity index (χ2v) is 5.08. The molecule has 102 valence electrons. The van der Waals surface area contributed by atoms with E-state index >= 15 is 0 Å². The Kier molecular flexibility index (Phi) is 3.28. The molecule has 0 aliphatic heterocycles. The van der Waals surface area contributed by atoms with Gasteiger partial charge in [0.2, 0.25) is 5.88 Å². The molecule has 0 saturated heterocycles. The smallest absolute Gasteiger partial charge is 0.212 e. The molecular weight excluding hydrogens is 270 g/mol. The number of aryl methyl sites for hydroxylation is 1. The number of aromatic amines is 1. The molecule has 0 fully saturated rings. The predicted octanol–water partition coefficient (Wildman–Crippen LogP) is 3.46. The standard InChI is InChI=1S/C15H15N3OS/c1-10-4-3-5-12-14(10)18(15(20)17-12)9-11-6-7-13(19-2)16-8-11/h3-8H,9H2,1-2H3,(H,17,20). The van der Waals surface area contributed by atoms with E-state index in [4.69, 9.17) is 17.0 Å². The summed E-state index contributed by atoms with van der Waals surface area (Å²) in [6, 6.07) is 10.0. The molecule has 4 nitrogen and oxygen atoms in total. The molecule has 5 heteroatoms. The highest BCUT2D eigenvalue weighted by Crippen LogP contribution is 2.20. The molecule has 20 heavy (non-hydrogen) atoms. The van der Waals surface area contributed by atoms with Gasteiger partial charge in [0.25, 0.3) is 0 Å². The summed E-state index contributed by atoms with van der Waals surface area (Å²) in [5, 5.41) is 0. The van der Waals surface area contributed by atoms with Crippen LogP contribution >= 0.6 is 12.2 Å². The second kappa shape index (κ2) is 5.09. The molecule has 0 aliphatic carbocycles. The third-order valence-electron chi connectivity index (χ3n) is 3.34. The van der Waals surface area contributed by atoms with Gasteiger partial charge in [-0.3, -0.25) is 0 Å². The van der Waals surface area contributed by atoms with Crippen molar-refractivity contribution in [2.75, 3.05) is 7.11 Å². The number of hydrogen-bond acceptors (Lipinski definition) is 3. The van der Waals surface area contributed by atoms with Crippen molar-refractivity contribution < 1.29 is 4.74 Å². The van der Waals surface area contributed by atoms with Crippen molar-refractivity contribution in [3.05, 3.63) is 52.4 Å². The van der Waals surface area contributed by atoms with E-state index in [1.807, 2.05) is 30.5 Å². The number of nitrogens with one attached hydrogen (secondary N) is 1. The molecule has 2 aromatic heterocycles. The molecule has 2 heterocycles. The third kappa shape index (κ3) is 2.20. The minimum atomic E-state index is 0.618. The molecule has 0 bridgehead atoms. The van der Waals surface area contributed by atoms with Crippen LogP contribution in [-0.2, 0) is 6.54 Å². The Labute approximate surface area is 122 Å². The lowest BCUT2D eigenvalue weighted by molar-refractivity contribution is 0.397. The quantitative estimate of drug-likeness (QED) is 0.749. The Balaban J connectivity index is 2.05. The summed E-state index contributed by atoms with van der Waals surface area (Å²) in [5.41, 5.74) is 4.51. The van der Waals surface area contributed by atoms with Gasteiger partial charge in [0, 0.05) is 12.3 Å². The number of methoxy groups -OCH3 is 1. The molecule has 0 aliphatic rings. The Morgan fingerprint density at radius 2 is 2.15 bits per heavy atom. The molecule has 0 atom stereocenters. The highest BCUT2D eigenvalue weighted by Gasteiger charge is 2.07. The normalized spacial score (nSPS) is 10.9. The van der Waals surface area contributed by atoms with Gasteiger partial charge in [0.15, 0.2) is 4.77 Å². The van der Waals surface area contributed by atoms with Gasteiger partial charge in [0.05, 0.1) is 24.7 Å². The highest BCUT2D eigenvalue weighted by atomic mass is 32.1. The average Bonchev–Trinajstić information content (AvgIpc) is 2.77. The Morgan fingerprint density at radius 1 is 1.30 bits per heavy atom. The van der Waals surface area contributed by atoms with Crippen LogP contribution in [-0.4, -0.2) is 21.6 Å². The first-order valence-corrected chi connectivity index (χ1v) is 6.77. The number of rotatable bonds is 3. The lowest BCUT2D eigenvalue weighted by Gasteiger charge is -2.07. The number of fused-ring (bicyclic) bond motifs is 1. The van der Waals surface area contributed by atoms with Crippen molar-refractivity contribution >= 4 is 23.3 Å². The Hall–Kier alpha value is -2.14. The van der Waals surface area contributed by atoms with Crippen molar-refractivity contribution in [2.45, 2.75) is 13.5 Å². The fourth-order valence-electron chi connectivity index (χ4n) is 2.36. The Morgan fingerprint density at radius 3 is 2.85 bits per heavy atom. The van der Waals surface area contributed by atoms with Gasteiger partial charge in [-0.2, -0.15) is 0 Å². The second-order valence-electron chi connectivity index (χ2n) is 4.70. The van der Waals surface area contributed by atoms with Gasteiger partial charge >= 0.3 is 0 Å². The topological polar surface area (TPSA) is 42.8 Å². The van der Waals surface area contributed by atoms with Crippen molar-refractivity contribution in [2.24, 2.45) is 0 Å². The summed E-state index contributed by atoms with van der Waals surface area (Å²) in [6.07, 6.45) is 1.82. The number of nitrogens with zero attached hydrogens (tertiary/aromatic N) is 2. The maximum Gasteiger partial charge on any atom is 0.212 e. The maximum atomic E-state index is 5.42. The number of ether oxygens (including phenoxy) is 1. The number of H-pyrrole nitrogens is 1. The predicted molar refractivity (Wildman–Crippen MR) is 81.8 cm³/mol. The van der Waals surface area contributed by atoms with Crippen LogP contribution < -0.4 is 4.74 Å². The molecule has 0 radical (unpaired) electrons. The van der Waals surface area contributed by atoms with E-state index in [-0.39, 0.29) is 0 Å². The van der Waals surface area contributed by atoms with Crippen LogP contribution in [0.1, 0.15) is 11.1 Å². The van der Waals surface area contributed by atoms with E-state index < -0.39 is 0 Å². The minimum Gasteiger partial charge on any atom is -0.481 e. The van der Waals surface area contributed by atoms with Gasteiger partial charge in [-0.05, 0) is 36.3 Å². The van der Waals surface area contributed by atoms with Gasteiger partial charge < -0.3 is 14.3 Å². The summed E-state index contributed by atoms with van der Waals surface area (Å²) >= 11 is 5.42. The summed E-state index contributed by atoms with van der Waals surface area (Å²) < 4.78 is 7.90. The van der Waals surface area contributed by atoms with Crippen LogP contribution in [0.25, 0.3) is 11.0 Å². The monoisotopic (exact) mass is 285 g/mol. The van der Waals surface area contributed by atoms with E-state index in [9.17, 15) is 0 Å². The van der Waals surface area contributed by atoms with Crippen LogP contribution in [0, 0.1) is 11.7 Å². The van der Waals surface area contributed by atoms with Crippen molar-refractivity contribution in [3.8, 4) is 5.88 Å². The van der Waals surface area contributed by atoms with Crippen LogP contribution in [0.3, 0.4) is 0 Å². The largest absolute Gasteiger partial charge is 0.481 e. The van der Waals surface area contributed by atoms with Gasteiger partial charge in [-0.25, -0.2) is 4.98 Å². The summed E-state index contributed by atoms with van der Waals surface area (Å²) in [7, 11) is 1.61. The zero-order chi connectivity index (χ0) is 14.1. The van der Waals surface area contributed by atoms with E-state index in [2.05, 4.69) is 27.5 Å². The number of imidazole rings is 1. The number of aromatic nitrogens is 3. The molecule has 0 amide bonds. The molecule has 0 spiro atoms. The van der Waals surface area contributed by atoms with Crippen LogP contribution in [0.5, 0.6) is 5.88 Å². The lowest BCUT2D eigenvalue weighted by atomic mass is 10.2. The van der Waals surface area contributed by atoms with E-state index in [1.165, 1.54) is 5.56 Å². The highest BCUT2D eigenvalue weighted by molar-refractivity contribution is 7.71. The van der Waals surface area contributed by atoms with Crippen molar-refractivity contribution in [1.82, 2.24) is 14.5 Å². The summed E-state index contributed by atoms with van der Waals surface area (Å²) in [6.45, 7) is 2.79.